The number of rotatable bonds is 3. The van der Waals surface area contributed by atoms with Crippen molar-refractivity contribution in [3.05, 3.63) is 0 Å². The molecule has 18 heavy (non-hydrogen) atoms. The van der Waals surface area contributed by atoms with Crippen molar-refractivity contribution in [2.45, 2.75) is 38.9 Å². The topological polar surface area (TPSA) is 52.9 Å². The van der Waals surface area contributed by atoms with Crippen LogP contribution in [0.4, 0.5) is 0 Å². The second-order valence-electron chi connectivity index (χ2n) is 6.22. The lowest BCUT2D eigenvalue weighted by atomic mass is 9.73. The average Bonchev–Trinajstić information content (AvgIpc) is 2.34. The van der Waals surface area contributed by atoms with E-state index in [9.17, 15) is 5.11 Å². The van der Waals surface area contributed by atoms with Gasteiger partial charge in [-0.1, -0.05) is 13.8 Å². The van der Waals surface area contributed by atoms with Crippen LogP contribution < -0.4 is 0 Å². The molecule has 0 radical (unpaired) electrons. The Bertz CT molecular complexity index is 249. The molecule has 0 bridgehead atoms. The largest absolute Gasteiger partial charge is 0.394 e. The van der Waals surface area contributed by atoms with Crippen LogP contribution in [0, 0.1) is 17.8 Å². The molecule has 1 aliphatic heterocycles. The number of morpholine rings is 1. The zero-order valence-corrected chi connectivity index (χ0v) is 11.6. The molecule has 1 aliphatic carbocycles. The summed E-state index contributed by atoms with van der Waals surface area (Å²) in [5.74, 6) is 1.60. The maximum atomic E-state index is 10.3. The molecule has 0 aromatic heterocycles. The Hall–Kier alpha value is -0.160. The maximum Gasteiger partial charge on any atom is 0.0932 e. The van der Waals surface area contributed by atoms with Gasteiger partial charge in [0.2, 0.25) is 0 Å². The third kappa shape index (κ3) is 3.44. The van der Waals surface area contributed by atoms with Crippen molar-refractivity contribution < 1.29 is 14.9 Å². The zero-order chi connectivity index (χ0) is 13.1. The first-order chi connectivity index (χ1) is 8.60. The molecule has 2 aliphatic rings. The number of nitrogens with zero attached hydrogens (tertiary/aromatic N) is 1. The Kier molecular flexibility index (Phi) is 5.01. The summed E-state index contributed by atoms with van der Waals surface area (Å²) in [7, 11) is 0. The first-order valence-corrected chi connectivity index (χ1v) is 7.23. The van der Waals surface area contributed by atoms with Gasteiger partial charge in [0.05, 0.1) is 25.4 Å². The lowest BCUT2D eigenvalue weighted by molar-refractivity contribution is -0.0717. The molecular weight excluding hydrogens is 230 g/mol. The number of hydrogen-bond acceptors (Lipinski definition) is 4. The Morgan fingerprint density at radius 2 is 2.06 bits per heavy atom. The van der Waals surface area contributed by atoms with E-state index in [0.29, 0.717) is 24.4 Å². The number of aliphatic hydroxyl groups excluding tert-OH is 2. The average molecular weight is 257 g/mol. The van der Waals surface area contributed by atoms with E-state index in [1.165, 1.54) is 6.42 Å². The van der Waals surface area contributed by atoms with Gasteiger partial charge in [0, 0.05) is 25.6 Å². The molecule has 0 aromatic carbocycles. The molecule has 106 valence electrons. The highest BCUT2D eigenvalue weighted by atomic mass is 16.5. The van der Waals surface area contributed by atoms with Crippen LogP contribution in [0.25, 0.3) is 0 Å². The Labute approximate surface area is 110 Å². The van der Waals surface area contributed by atoms with Crippen molar-refractivity contribution in [1.82, 2.24) is 4.90 Å². The highest BCUT2D eigenvalue weighted by Gasteiger charge is 2.34. The van der Waals surface area contributed by atoms with Gasteiger partial charge in [-0.2, -0.15) is 0 Å². The molecule has 2 rings (SSSR count). The minimum atomic E-state index is -0.167. The van der Waals surface area contributed by atoms with Gasteiger partial charge in [0.25, 0.3) is 0 Å². The summed E-state index contributed by atoms with van der Waals surface area (Å²) in [5, 5.41) is 19.4. The molecule has 5 atom stereocenters. The van der Waals surface area contributed by atoms with E-state index in [4.69, 9.17) is 9.84 Å². The number of ether oxygens (including phenoxy) is 1. The van der Waals surface area contributed by atoms with E-state index in [1.54, 1.807) is 0 Å². The van der Waals surface area contributed by atoms with Gasteiger partial charge in [-0.3, -0.25) is 4.90 Å². The Morgan fingerprint density at radius 3 is 2.72 bits per heavy atom. The zero-order valence-electron chi connectivity index (χ0n) is 11.6. The van der Waals surface area contributed by atoms with Gasteiger partial charge in [0.1, 0.15) is 0 Å². The minimum absolute atomic E-state index is 0.0475. The van der Waals surface area contributed by atoms with Crippen LogP contribution in [0.3, 0.4) is 0 Å². The molecule has 1 saturated carbocycles. The van der Waals surface area contributed by atoms with Gasteiger partial charge in [0.15, 0.2) is 0 Å². The van der Waals surface area contributed by atoms with Crippen molar-refractivity contribution >= 4 is 0 Å². The highest BCUT2D eigenvalue weighted by Crippen LogP contribution is 2.34. The van der Waals surface area contributed by atoms with Crippen molar-refractivity contribution in [2.24, 2.45) is 17.8 Å². The van der Waals surface area contributed by atoms with Crippen LogP contribution in [-0.4, -0.2) is 60.2 Å². The third-order valence-electron chi connectivity index (χ3n) is 4.54. The molecule has 1 saturated heterocycles. The molecule has 2 fully saturated rings. The van der Waals surface area contributed by atoms with Crippen LogP contribution in [0.5, 0.6) is 0 Å². The second kappa shape index (κ2) is 6.33. The SMILES string of the molecule is CC1CC(C)C(CN2CCOC(CO)C2)C(O)C1. The summed E-state index contributed by atoms with van der Waals surface area (Å²) < 4.78 is 5.46. The van der Waals surface area contributed by atoms with Crippen molar-refractivity contribution in [1.29, 1.82) is 0 Å². The number of aliphatic hydroxyl groups is 2. The molecule has 0 spiro atoms. The van der Waals surface area contributed by atoms with Crippen LogP contribution >= 0.6 is 0 Å². The number of hydrogen-bond donors (Lipinski definition) is 2. The first kappa shape index (κ1) is 14.3. The van der Waals surface area contributed by atoms with Crippen molar-refractivity contribution in [3.63, 3.8) is 0 Å². The van der Waals surface area contributed by atoms with E-state index in [0.717, 1.165) is 26.1 Å². The maximum absolute atomic E-state index is 10.3. The van der Waals surface area contributed by atoms with Crippen LogP contribution in [0.15, 0.2) is 0 Å². The summed E-state index contributed by atoms with van der Waals surface area (Å²) in [6.45, 7) is 7.92. The Balaban J connectivity index is 1.87. The normalized spacial score (nSPS) is 43.0. The summed E-state index contributed by atoms with van der Waals surface area (Å²) in [6, 6.07) is 0. The smallest absolute Gasteiger partial charge is 0.0932 e. The van der Waals surface area contributed by atoms with Crippen LogP contribution in [-0.2, 0) is 4.74 Å². The molecule has 4 nitrogen and oxygen atoms in total. The van der Waals surface area contributed by atoms with Crippen LogP contribution in [0.2, 0.25) is 0 Å². The molecule has 1 heterocycles. The van der Waals surface area contributed by atoms with E-state index >= 15 is 0 Å². The molecule has 0 aromatic rings. The van der Waals surface area contributed by atoms with Gasteiger partial charge >= 0.3 is 0 Å². The molecule has 5 unspecified atom stereocenters. The molecule has 0 amide bonds. The standard InChI is InChI=1S/C14H27NO3/c1-10-5-11(2)13(14(17)6-10)8-15-3-4-18-12(7-15)9-16/h10-14,16-17H,3-9H2,1-2H3. The quantitative estimate of drug-likeness (QED) is 0.782. The van der Waals surface area contributed by atoms with Crippen LogP contribution in [0.1, 0.15) is 26.7 Å². The molecule has 2 N–H and O–H groups in total. The molecule has 4 heteroatoms. The Morgan fingerprint density at radius 1 is 1.28 bits per heavy atom. The fourth-order valence-electron chi connectivity index (χ4n) is 3.53. The summed E-state index contributed by atoms with van der Waals surface area (Å²) in [4.78, 5) is 2.34. The predicted octanol–water partition coefficient (Wildman–Crippen LogP) is 0.723. The van der Waals surface area contributed by atoms with Gasteiger partial charge < -0.3 is 14.9 Å². The van der Waals surface area contributed by atoms with E-state index in [-0.39, 0.29) is 18.8 Å². The van der Waals surface area contributed by atoms with E-state index in [1.807, 2.05) is 0 Å². The lowest BCUT2D eigenvalue weighted by Crippen LogP contribution is -2.49. The summed E-state index contributed by atoms with van der Waals surface area (Å²) >= 11 is 0. The minimum Gasteiger partial charge on any atom is -0.394 e. The summed E-state index contributed by atoms with van der Waals surface area (Å²) in [6.07, 6.45) is 1.94. The first-order valence-electron chi connectivity index (χ1n) is 7.23. The third-order valence-corrected chi connectivity index (χ3v) is 4.54. The van der Waals surface area contributed by atoms with E-state index < -0.39 is 0 Å². The summed E-state index contributed by atoms with van der Waals surface area (Å²) in [5.41, 5.74) is 0. The highest BCUT2D eigenvalue weighted by molar-refractivity contribution is 4.86. The molecular formula is C14H27NO3. The van der Waals surface area contributed by atoms with E-state index in [2.05, 4.69) is 18.7 Å². The van der Waals surface area contributed by atoms with Gasteiger partial charge in [-0.15, -0.1) is 0 Å². The second-order valence-corrected chi connectivity index (χ2v) is 6.22. The monoisotopic (exact) mass is 257 g/mol. The van der Waals surface area contributed by atoms with Gasteiger partial charge in [-0.05, 0) is 24.7 Å². The van der Waals surface area contributed by atoms with Crippen molar-refractivity contribution in [3.8, 4) is 0 Å². The van der Waals surface area contributed by atoms with Crippen molar-refractivity contribution in [2.75, 3.05) is 32.8 Å². The fraction of sp³-hybridized carbons (Fsp3) is 1.00. The lowest BCUT2D eigenvalue weighted by Gasteiger charge is -2.41. The van der Waals surface area contributed by atoms with Gasteiger partial charge in [-0.25, -0.2) is 0 Å². The fourth-order valence-corrected chi connectivity index (χ4v) is 3.53. The predicted molar refractivity (Wildman–Crippen MR) is 70.3 cm³/mol.